The van der Waals surface area contributed by atoms with Crippen LogP contribution in [0, 0.1) is 0 Å². The van der Waals surface area contributed by atoms with Crippen LogP contribution in [-0.2, 0) is 4.74 Å². The van der Waals surface area contributed by atoms with Gasteiger partial charge >= 0.3 is 6.03 Å². The van der Waals surface area contributed by atoms with Gasteiger partial charge in [-0.3, -0.25) is 10.2 Å². The first-order chi connectivity index (χ1) is 13.7. The summed E-state index contributed by atoms with van der Waals surface area (Å²) in [5.41, 5.74) is 1.16. The molecule has 1 N–H and O–H groups in total. The highest BCUT2D eigenvalue weighted by molar-refractivity contribution is 5.88. The molecule has 1 saturated heterocycles. The smallest absolute Gasteiger partial charge is 0.323 e. The summed E-state index contributed by atoms with van der Waals surface area (Å²) in [6.45, 7) is 7.30. The van der Waals surface area contributed by atoms with Crippen LogP contribution >= 0.6 is 0 Å². The summed E-state index contributed by atoms with van der Waals surface area (Å²) in [6, 6.07) is 12.0. The summed E-state index contributed by atoms with van der Waals surface area (Å²) in [5.74, 6) is 0.725. The van der Waals surface area contributed by atoms with Crippen LogP contribution in [0.3, 0.4) is 0 Å². The number of amides is 2. The van der Waals surface area contributed by atoms with Gasteiger partial charge in [0.1, 0.15) is 5.82 Å². The van der Waals surface area contributed by atoms with Crippen molar-refractivity contribution in [1.82, 2.24) is 19.6 Å². The van der Waals surface area contributed by atoms with E-state index in [-0.39, 0.29) is 12.1 Å². The van der Waals surface area contributed by atoms with E-state index in [1.54, 1.807) is 13.3 Å². The van der Waals surface area contributed by atoms with E-state index in [4.69, 9.17) is 4.74 Å². The Morgan fingerprint density at radius 2 is 1.89 bits per heavy atom. The van der Waals surface area contributed by atoms with Gasteiger partial charge in [0.25, 0.3) is 0 Å². The van der Waals surface area contributed by atoms with Crippen molar-refractivity contribution >= 4 is 11.8 Å². The van der Waals surface area contributed by atoms with Gasteiger partial charge in [-0.05, 0) is 31.9 Å². The predicted molar refractivity (Wildman–Crippen MR) is 111 cm³/mol. The summed E-state index contributed by atoms with van der Waals surface area (Å²) >= 11 is 0. The Bertz CT molecular complexity index is 725. The highest BCUT2D eigenvalue weighted by atomic mass is 16.5. The van der Waals surface area contributed by atoms with Gasteiger partial charge in [0, 0.05) is 46.0 Å². The SMILES string of the molecule is COCCCCN1CCN(C(=O)Nc2ccnn2C(C)c2ccccc2)CC1. The van der Waals surface area contributed by atoms with Crippen molar-refractivity contribution in [3.63, 3.8) is 0 Å². The number of piperazine rings is 1. The van der Waals surface area contributed by atoms with Crippen LogP contribution in [0.1, 0.15) is 31.4 Å². The molecule has 0 aliphatic carbocycles. The number of aromatic nitrogens is 2. The molecule has 1 unspecified atom stereocenters. The van der Waals surface area contributed by atoms with Crippen LogP contribution in [-0.4, -0.2) is 72.1 Å². The van der Waals surface area contributed by atoms with Crippen molar-refractivity contribution < 1.29 is 9.53 Å². The fraction of sp³-hybridized carbons (Fsp3) is 0.524. The number of hydrogen-bond acceptors (Lipinski definition) is 4. The molecule has 7 nitrogen and oxygen atoms in total. The number of carbonyl (C=O) groups is 1. The lowest BCUT2D eigenvalue weighted by molar-refractivity contribution is 0.140. The second-order valence-corrected chi connectivity index (χ2v) is 7.21. The fourth-order valence-corrected chi connectivity index (χ4v) is 3.54. The fourth-order valence-electron chi connectivity index (χ4n) is 3.54. The number of rotatable bonds is 8. The Hall–Kier alpha value is -2.38. The number of methoxy groups -OCH3 is 1. The minimum Gasteiger partial charge on any atom is -0.385 e. The maximum atomic E-state index is 12.7. The molecule has 3 rings (SSSR count). The number of anilines is 1. The zero-order valence-electron chi connectivity index (χ0n) is 16.9. The van der Waals surface area contributed by atoms with Crippen LogP contribution < -0.4 is 5.32 Å². The molecule has 28 heavy (non-hydrogen) atoms. The zero-order chi connectivity index (χ0) is 19.8. The lowest BCUT2D eigenvalue weighted by atomic mass is 10.1. The molecule has 7 heteroatoms. The van der Waals surface area contributed by atoms with Crippen molar-refractivity contribution in [3.8, 4) is 0 Å². The average Bonchev–Trinajstić information content (AvgIpc) is 3.19. The minimum absolute atomic E-state index is 0.0513. The molecule has 0 bridgehead atoms. The van der Waals surface area contributed by atoms with Crippen LogP contribution in [0.25, 0.3) is 0 Å². The van der Waals surface area contributed by atoms with Gasteiger partial charge in [0.15, 0.2) is 0 Å². The number of nitrogens with zero attached hydrogens (tertiary/aromatic N) is 4. The Labute approximate surface area is 167 Å². The van der Waals surface area contributed by atoms with Crippen molar-refractivity contribution in [2.75, 3.05) is 51.8 Å². The summed E-state index contributed by atoms with van der Waals surface area (Å²) < 4.78 is 6.96. The van der Waals surface area contributed by atoms with Crippen molar-refractivity contribution in [2.24, 2.45) is 0 Å². The monoisotopic (exact) mass is 385 g/mol. The first-order valence-electron chi connectivity index (χ1n) is 10.0. The molecule has 2 amide bonds. The van der Waals surface area contributed by atoms with E-state index in [1.165, 1.54) is 0 Å². The van der Waals surface area contributed by atoms with E-state index in [0.717, 1.165) is 63.6 Å². The van der Waals surface area contributed by atoms with Gasteiger partial charge < -0.3 is 9.64 Å². The zero-order valence-corrected chi connectivity index (χ0v) is 16.9. The Morgan fingerprint density at radius 1 is 1.14 bits per heavy atom. The molecule has 1 fully saturated rings. The standard InChI is InChI=1S/C21H31N5O2/c1-18(19-8-4-3-5-9-19)26-20(10-11-22-26)23-21(27)25-15-13-24(14-16-25)12-6-7-17-28-2/h3-5,8-11,18H,6-7,12-17H2,1-2H3,(H,23,27). The summed E-state index contributed by atoms with van der Waals surface area (Å²) in [5, 5.41) is 7.45. The van der Waals surface area contributed by atoms with Crippen molar-refractivity contribution in [3.05, 3.63) is 48.2 Å². The largest absolute Gasteiger partial charge is 0.385 e. The van der Waals surface area contributed by atoms with E-state index < -0.39 is 0 Å². The van der Waals surface area contributed by atoms with Crippen molar-refractivity contribution in [2.45, 2.75) is 25.8 Å². The van der Waals surface area contributed by atoms with E-state index >= 15 is 0 Å². The summed E-state index contributed by atoms with van der Waals surface area (Å²) in [4.78, 5) is 17.0. The van der Waals surface area contributed by atoms with Gasteiger partial charge in [-0.25, -0.2) is 9.48 Å². The molecular formula is C21H31N5O2. The molecule has 0 saturated carbocycles. The molecule has 1 aromatic heterocycles. The van der Waals surface area contributed by atoms with Crippen LogP contribution in [0.4, 0.5) is 10.6 Å². The second-order valence-electron chi connectivity index (χ2n) is 7.21. The third-order valence-electron chi connectivity index (χ3n) is 5.29. The summed E-state index contributed by atoms with van der Waals surface area (Å²) in [7, 11) is 1.74. The molecule has 0 spiro atoms. The van der Waals surface area contributed by atoms with E-state index in [2.05, 4.69) is 34.4 Å². The molecule has 152 valence electrons. The third kappa shape index (κ3) is 5.33. The molecule has 0 radical (unpaired) electrons. The first kappa shape index (κ1) is 20.4. The quantitative estimate of drug-likeness (QED) is 0.710. The summed E-state index contributed by atoms with van der Waals surface area (Å²) in [6.07, 6.45) is 3.95. The highest BCUT2D eigenvalue weighted by Gasteiger charge is 2.22. The van der Waals surface area contributed by atoms with Gasteiger partial charge in [-0.15, -0.1) is 0 Å². The molecule has 2 heterocycles. The van der Waals surface area contributed by atoms with E-state index in [0.29, 0.717) is 0 Å². The number of nitrogens with one attached hydrogen (secondary N) is 1. The lowest BCUT2D eigenvalue weighted by Gasteiger charge is -2.34. The van der Waals surface area contributed by atoms with Crippen molar-refractivity contribution in [1.29, 1.82) is 0 Å². The number of hydrogen-bond donors (Lipinski definition) is 1. The normalized spacial score (nSPS) is 16.1. The van der Waals surface area contributed by atoms with Crippen LogP contribution in [0.2, 0.25) is 0 Å². The number of ether oxygens (including phenoxy) is 1. The number of carbonyl (C=O) groups excluding carboxylic acids is 1. The Kier molecular flexibility index (Phi) is 7.45. The average molecular weight is 386 g/mol. The molecule has 1 aliphatic heterocycles. The molecule has 1 aromatic carbocycles. The Balaban J connectivity index is 1.50. The van der Waals surface area contributed by atoms with Gasteiger partial charge in [0.05, 0.1) is 12.2 Å². The lowest BCUT2D eigenvalue weighted by Crippen LogP contribution is -2.50. The van der Waals surface area contributed by atoms with Crippen LogP contribution in [0.5, 0.6) is 0 Å². The number of benzene rings is 1. The second kappa shape index (κ2) is 10.2. The number of unbranched alkanes of at least 4 members (excludes halogenated alkanes) is 1. The molecule has 1 aliphatic rings. The van der Waals surface area contributed by atoms with E-state index in [9.17, 15) is 4.79 Å². The molecule has 1 atom stereocenters. The maximum absolute atomic E-state index is 12.7. The Morgan fingerprint density at radius 3 is 2.61 bits per heavy atom. The van der Waals surface area contributed by atoms with Crippen LogP contribution in [0.15, 0.2) is 42.6 Å². The number of urea groups is 1. The maximum Gasteiger partial charge on any atom is 0.323 e. The van der Waals surface area contributed by atoms with E-state index in [1.807, 2.05) is 33.8 Å². The third-order valence-corrected chi connectivity index (χ3v) is 5.29. The topological polar surface area (TPSA) is 62.6 Å². The van der Waals surface area contributed by atoms with Gasteiger partial charge in [-0.2, -0.15) is 5.10 Å². The predicted octanol–water partition coefficient (Wildman–Crippen LogP) is 3.07. The highest BCUT2D eigenvalue weighted by Crippen LogP contribution is 2.21. The van der Waals surface area contributed by atoms with Gasteiger partial charge in [-0.1, -0.05) is 30.3 Å². The molecule has 2 aromatic rings. The van der Waals surface area contributed by atoms with Gasteiger partial charge in [0.2, 0.25) is 0 Å². The molecular weight excluding hydrogens is 354 g/mol. The first-order valence-corrected chi connectivity index (χ1v) is 10.0. The minimum atomic E-state index is -0.0546.